The highest BCUT2D eigenvalue weighted by Gasteiger charge is 2.35. The maximum absolute atomic E-state index is 12.8. The molecule has 0 aromatic heterocycles. The van der Waals surface area contributed by atoms with Gasteiger partial charge in [-0.05, 0) is 24.6 Å². The number of nitrogens with two attached hydrogens (primary N) is 1. The van der Waals surface area contributed by atoms with E-state index in [0.717, 1.165) is 4.47 Å². The highest BCUT2D eigenvalue weighted by Crippen LogP contribution is 2.31. The molecule has 0 amide bonds. The summed E-state index contributed by atoms with van der Waals surface area (Å²) in [5.41, 5.74) is 4.69. The van der Waals surface area contributed by atoms with Crippen molar-refractivity contribution < 1.29 is 8.78 Å². The van der Waals surface area contributed by atoms with Crippen LogP contribution in [-0.2, 0) is 5.41 Å². The van der Waals surface area contributed by atoms with Crippen LogP contribution in [0.3, 0.4) is 0 Å². The standard InChI is InChI=1S/C10H12BrF2N/c1-10(6-14,9(12)13)7-3-2-4-8(11)5-7/h2-5,9H,6,14H2,1H3. The lowest BCUT2D eigenvalue weighted by molar-refractivity contribution is 0.0637. The average Bonchev–Trinajstić information content (AvgIpc) is 2.16. The molecule has 0 spiro atoms. The van der Waals surface area contributed by atoms with Crippen LogP contribution >= 0.6 is 15.9 Å². The van der Waals surface area contributed by atoms with E-state index in [4.69, 9.17) is 5.73 Å². The van der Waals surface area contributed by atoms with Gasteiger partial charge >= 0.3 is 0 Å². The number of rotatable bonds is 3. The Morgan fingerprint density at radius 1 is 1.50 bits per heavy atom. The van der Waals surface area contributed by atoms with Crippen molar-refractivity contribution in [3.63, 3.8) is 0 Å². The van der Waals surface area contributed by atoms with Crippen molar-refractivity contribution in [1.29, 1.82) is 0 Å². The minimum Gasteiger partial charge on any atom is -0.329 e. The molecule has 1 rings (SSSR count). The smallest absolute Gasteiger partial charge is 0.249 e. The topological polar surface area (TPSA) is 26.0 Å². The van der Waals surface area contributed by atoms with Gasteiger partial charge in [-0.25, -0.2) is 8.78 Å². The van der Waals surface area contributed by atoms with Gasteiger partial charge in [-0.1, -0.05) is 28.1 Å². The van der Waals surface area contributed by atoms with E-state index in [1.165, 1.54) is 6.92 Å². The summed E-state index contributed by atoms with van der Waals surface area (Å²) < 4.78 is 26.4. The molecule has 0 bridgehead atoms. The van der Waals surface area contributed by atoms with Crippen LogP contribution in [0, 0.1) is 0 Å². The number of hydrogen-bond donors (Lipinski definition) is 1. The van der Waals surface area contributed by atoms with Crippen LogP contribution in [0.5, 0.6) is 0 Å². The summed E-state index contributed by atoms with van der Waals surface area (Å²) in [7, 11) is 0. The Morgan fingerprint density at radius 3 is 2.57 bits per heavy atom. The van der Waals surface area contributed by atoms with Crippen molar-refractivity contribution >= 4 is 15.9 Å². The third-order valence-electron chi connectivity index (χ3n) is 2.39. The lowest BCUT2D eigenvalue weighted by atomic mass is 9.83. The molecule has 0 heterocycles. The molecule has 0 fully saturated rings. The molecule has 4 heteroatoms. The summed E-state index contributed by atoms with van der Waals surface area (Å²) in [4.78, 5) is 0. The van der Waals surface area contributed by atoms with E-state index in [0.29, 0.717) is 5.56 Å². The quantitative estimate of drug-likeness (QED) is 0.892. The molecule has 14 heavy (non-hydrogen) atoms. The summed E-state index contributed by atoms with van der Waals surface area (Å²) in [6.45, 7) is 1.40. The second kappa shape index (κ2) is 4.36. The average molecular weight is 264 g/mol. The minimum atomic E-state index is -2.46. The van der Waals surface area contributed by atoms with Gasteiger partial charge in [0.1, 0.15) is 0 Å². The molecule has 1 atom stereocenters. The molecule has 1 aromatic carbocycles. The summed E-state index contributed by atoms with van der Waals surface area (Å²) in [5, 5.41) is 0. The Morgan fingerprint density at radius 2 is 2.14 bits per heavy atom. The first-order valence-corrected chi connectivity index (χ1v) is 5.04. The lowest BCUT2D eigenvalue weighted by Gasteiger charge is -2.27. The fourth-order valence-corrected chi connectivity index (χ4v) is 1.58. The second-order valence-electron chi connectivity index (χ2n) is 3.43. The molecule has 0 aliphatic rings. The SMILES string of the molecule is CC(CN)(c1cccc(Br)c1)C(F)F. The van der Waals surface area contributed by atoms with Crippen molar-refractivity contribution in [2.24, 2.45) is 5.73 Å². The Labute approximate surface area is 90.4 Å². The zero-order valence-corrected chi connectivity index (χ0v) is 9.39. The van der Waals surface area contributed by atoms with Crippen LogP contribution in [0.1, 0.15) is 12.5 Å². The maximum Gasteiger partial charge on any atom is 0.249 e. The molecule has 0 aliphatic heterocycles. The molecule has 2 N–H and O–H groups in total. The Kier molecular flexibility index (Phi) is 3.61. The first kappa shape index (κ1) is 11.6. The predicted molar refractivity (Wildman–Crippen MR) is 56.6 cm³/mol. The molecule has 1 unspecified atom stereocenters. The van der Waals surface area contributed by atoms with E-state index < -0.39 is 11.8 Å². The minimum absolute atomic E-state index is 0.0683. The van der Waals surface area contributed by atoms with Gasteiger partial charge in [0.2, 0.25) is 6.43 Å². The second-order valence-corrected chi connectivity index (χ2v) is 4.35. The molecule has 0 saturated carbocycles. The fraction of sp³-hybridized carbons (Fsp3) is 0.400. The lowest BCUT2D eigenvalue weighted by Crippen LogP contribution is -2.38. The number of alkyl halides is 2. The van der Waals surface area contributed by atoms with Gasteiger partial charge in [-0.15, -0.1) is 0 Å². The molecular formula is C10H12BrF2N. The van der Waals surface area contributed by atoms with E-state index in [1.807, 2.05) is 0 Å². The van der Waals surface area contributed by atoms with Crippen LogP contribution in [0.15, 0.2) is 28.7 Å². The Balaban J connectivity index is 3.12. The Bertz CT molecular complexity index is 317. The van der Waals surface area contributed by atoms with Gasteiger partial charge in [0.15, 0.2) is 0 Å². The van der Waals surface area contributed by atoms with E-state index in [2.05, 4.69) is 15.9 Å². The van der Waals surface area contributed by atoms with Crippen molar-refractivity contribution in [1.82, 2.24) is 0 Å². The molecule has 78 valence electrons. The highest BCUT2D eigenvalue weighted by molar-refractivity contribution is 9.10. The van der Waals surface area contributed by atoms with Gasteiger partial charge in [0.25, 0.3) is 0 Å². The highest BCUT2D eigenvalue weighted by atomic mass is 79.9. The van der Waals surface area contributed by atoms with E-state index in [-0.39, 0.29) is 6.54 Å². The molecule has 0 radical (unpaired) electrons. The van der Waals surface area contributed by atoms with Crippen molar-refractivity contribution in [2.45, 2.75) is 18.8 Å². The van der Waals surface area contributed by atoms with E-state index >= 15 is 0 Å². The number of halogens is 3. The summed E-state index contributed by atoms with van der Waals surface area (Å²) in [5.74, 6) is 0. The third-order valence-corrected chi connectivity index (χ3v) is 2.88. The fourth-order valence-electron chi connectivity index (χ4n) is 1.18. The largest absolute Gasteiger partial charge is 0.329 e. The molecule has 0 saturated heterocycles. The third kappa shape index (κ3) is 2.12. The van der Waals surface area contributed by atoms with Gasteiger partial charge < -0.3 is 5.73 Å². The zero-order valence-electron chi connectivity index (χ0n) is 7.81. The van der Waals surface area contributed by atoms with Gasteiger partial charge in [-0.2, -0.15) is 0 Å². The van der Waals surface area contributed by atoms with E-state index in [1.54, 1.807) is 24.3 Å². The van der Waals surface area contributed by atoms with Crippen LogP contribution in [0.25, 0.3) is 0 Å². The number of benzene rings is 1. The molecule has 0 aliphatic carbocycles. The van der Waals surface area contributed by atoms with Crippen LogP contribution in [-0.4, -0.2) is 13.0 Å². The van der Waals surface area contributed by atoms with Crippen LogP contribution < -0.4 is 5.73 Å². The number of hydrogen-bond acceptors (Lipinski definition) is 1. The first-order chi connectivity index (χ1) is 6.50. The normalized spacial score (nSPS) is 15.6. The molecule has 1 aromatic rings. The summed E-state index contributed by atoms with van der Waals surface area (Å²) in [6, 6.07) is 6.88. The molecular weight excluding hydrogens is 252 g/mol. The monoisotopic (exact) mass is 263 g/mol. The molecule has 1 nitrogen and oxygen atoms in total. The first-order valence-electron chi connectivity index (χ1n) is 4.25. The summed E-state index contributed by atoms with van der Waals surface area (Å²) in [6.07, 6.45) is -2.46. The maximum atomic E-state index is 12.8. The predicted octanol–water partition coefficient (Wildman–Crippen LogP) is 2.93. The van der Waals surface area contributed by atoms with Crippen molar-refractivity contribution in [3.8, 4) is 0 Å². The zero-order chi connectivity index (χ0) is 10.8. The van der Waals surface area contributed by atoms with Crippen LogP contribution in [0.4, 0.5) is 8.78 Å². The van der Waals surface area contributed by atoms with Crippen molar-refractivity contribution in [2.75, 3.05) is 6.54 Å². The van der Waals surface area contributed by atoms with Crippen molar-refractivity contribution in [3.05, 3.63) is 34.3 Å². The van der Waals surface area contributed by atoms with Gasteiger partial charge in [-0.3, -0.25) is 0 Å². The van der Waals surface area contributed by atoms with Gasteiger partial charge in [0, 0.05) is 11.0 Å². The van der Waals surface area contributed by atoms with Crippen LogP contribution in [0.2, 0.25) is 0 Å². The van der Waals surface area contributed by atoms with E-state index in [9.17, 15) is 8.78 Å². The van der Waals surface area contributed by atoms with Gasteiger partial charge in [0.05, 0.1) is 5.41 Å². The summed E-state index contributed by atoms with van der Waals surface area (Å²) >= 11 is 3.25. The Hall–Kier alpha value is -0.480.